The molecule has 6 heteroatoms. The van der Waals surface area contributed by atoms with Crippen LogP contribution in [0, 0.1) is 0 Å². The minimum Gasteiger partial charge on any atom is -0.478 e. The number of benzene rings is 2. The van der Waals surface area contributed by atoms with Gasteiger partial charge in [-0.2, -0.15) is 0 Å². The van der Waals surface area contributed by atoms with Gasteiger partial charge in [0.15, 0.2) is 6.10 Å². The molecule has 0 saturated carbocycles. The second-order valence-corrected chi connectivity index (χ2v) is 5.81. The summed E-state index contributed by atoms with van der Waals surface area (Å²) in [6.07, 6.45) is -1.29. The highest BCUT2D eigenvalue weighted by atomic mass is 16.5. The minimum absolute atomic E-state index is 0.0135. The smallest absolute Gasteiger partial charge is 0.268 e. The van der Waals surface area contributed by atoms with Crippen molar-refractivity contribution in [1.82, 2.24) is 0 Å². The standard InChI is InChI=1S/C18H20N2O4/c19-13-6-7-16-15(9-13)20(10-14(22)11-21)18(23)17(24-16)8-12-4-2-1-3-5-12/h1-7,9,14,17,21-22H,8,10-11,19H2. The number of nitrogen functional groups attached to an aromatic ring is 1. The maximum atomic E-state index is 12.8. The summed E-state index contributed by atoms with van der Waals surface area (Å²) in [7, 11) is 0. The first-order chi connectivity index (χ1) is 11.6. The molecule has 6 nitrogen and oxygen atoms in total. The van der Waals surface area contributed by atoms with Crippen LogP contribution in [-0.2, 0) is 11.2 Å². The summed E-state index contributed by atoms with van der Waals surface area (Å²) in [5.41, 5.74) is 7.80. The zero-order valence-electron chi connectivity index (χ0n) is 13.1. The predicted molar refractivity (Wildman–Crippen MR) is 90.9 cm³/mol. The van der Waals surface area contributed by atoms with Gasteiger partial charge in [-0.05, 0) is 23.8 Å². The maximum absolute atomic E-state index is 12.8. The van der Waals surface area contributed by atoms with E-state index in [2.05, 4.69) is 0 Å². The number of hydrogen-bond donors (Lipinski definition) is 3. The first-order valence-electron chi connectivity index (χ1n) is 7.79. The van der Waals surface area contributed by atoms with Gasteiger partial charge in [-0.3, -0.25) is 4.79 Å². The van der Waals surface area contributed by atoms with Gasteiger partial charge in [-0.25, -0.2) is 0 Å². The number of β-amino-alcohol motifs (C(OH)–C–C–N with tert-alkyl or cyclic N) is 1. The number of carbonyl (C=O) groups is 1. The van der Waals surface area contributed by atoms with Gasteiger partial charge in [0.05, 0.1) is 24.9 Å². The Morgan fingerprint density at radius 1 is 1.21 bits per heavy atom. The number of carbonyl (C=O) groups excluding carboxylic acids is 1. The van der Waals surface area contributed by atoms with Crippen LogP contribution in [0.4, 0.5) is 11.4 Å². The summed E-state index contributed by atoms with van der Waals surface area (Å²) in [6.45, 7) is -0.438. The number of ether oxygens (including phenoxy) is 1. The van der Waals surface area contributed by atoms with E-state index < -0.39 is 18.8 Å². The molecule has 0 aliphatic carbocycles. The molecule has 2 atom stereocenters. The molecule has 1 amide bonds. The molecule has 2 aromatic carbocycles. The number of anilines is 2. The molecule has 0 aromatic heterocycles. The molecule has 0 saturated heterocycles. The molecule has 2 aromatic rings. The highest BCUT2D eigenvalue weighted by molar-refractivity contribution is 6.00. The third-order valence-corrected chi connectivity index (χ3v) is 3.95. The maximum Gasteiger partial charge on any atom is 0.268 e. The van der Waals surface area contributed by atoms with Gasteiger partial charge in [0.1, 0.15) is 5.75 Å². The molecule has 0 spiro atoms. The van der Waals surface area contributed by atoms with Crippen LogP contribution in [0.5, 0.6) is 5.75 Å². The molecule has 0 fully saturated rings. The molecule has 1 heterocycles. The summed E-state index contributed by atoms with van der Waals surface area (Å²) < 4.78 is 5.86. The Bertz CT molecular complexity index is 720. The summed E-state index contributed by atoms with van der Waals surface area (Å²) in [5, 5.41) is 18.9. The molecule has 0 radical (unpaired) electrons. The number of aliphatic hydroxyl groups excluding tert-OH is 2. The van der Waals surface area contributed by atoms with E-state index in [1.165, 1.54) is 4.90 Å². The lowest BCUT2D eigenvalue weighted by Crippen LogP contribution is -2.50. The van der Waals surface area contributed by atoms with Crippen molar-refractivity contribution < 1.29 is 19.7 Å². The average Bonchev–Trinajstić information content (AvgIpc) is 2.59. The number of hydrogen-bond acceptors (Lipinski definition) is 5. The lowest BCUT2D eigenvalue weighted by Gasteiger charge is -2.35. The normalized spacial score (nSPS) is 18.0. The molecule has 1 aliphatic heterocycles. The Hall–Kier alpha value is -2.57. The third-order valence-electron chi connectivity index (χ3n) is 3.95. The summed E-state index contributed by atoms with van der Waals surface area (Å²) >= 11 is 0. The molecule has 3 rings (SSSR count). The van der Waals surface area contributed by atoms with Crippen LogP contribution < -0.4 is 15.4 Å². The number of aliphatic hydroxyl groups is 2. The van der Waals surface area contributed by atoms with E-state index in [0.717, 1.165) is 5.56 Å². The first-order valence-corrected chi connectivity index (χ1v) is 7.79. The lowest BCUT2D eigenvalue weighted by atomic mass is 10.0. The average molecular weight is 328 g/mol. The largest absolute Gasteiger partial charge is 0.478 e. The summed E-state index contributed by atoms with van der Waals surface area (Å²) in [4.78, 5) is 14.3. The Morgan fingerprint density at radius 3 is 2.67 bits per heavy atom. The van der Waals surface area contributed by atoms with Crippen LogP contribution in [0.15, 0.2) is 48.5 Å². The number of nitrogens with zero attached hydrogens (tertiary/aromatic N) is 1. The SMILES string of the molecule is Nc1ccc2c(c1)N(CC(O)CO)C(=O)C(Cc1ccccc1)O2. The van der Waals surface area contributed by atoms with E-state index in [-0.39, 0.29) is 12.5 Å². The van der Waals surface area contributed by atoms with Crippen molar-refractivity contribution in [3.8, 4) is 5.75 Å². The monoisotopic (exact) mass is 328 g/mol. The van der Waals surface area contributed by atoms with Crippen molar-refractivity contribution in [3.63, 3.8) is 0 Å². The van der Waals surface area contributed by atoms with E-state index in [4.69, 9.17) is 15.6 Å². The van der Waals surface area contributed by atoms with Gasteiger partial charge >= 0.3 is 0 Å². The lowest BCUT2D eigenvalue weighted by molar-refractivity contribution is -0.126. The fourth-order valence-electron chi connectivity index (χ4n) is 2.76. The quantitative estimate of drug-likeness (QED) is 0.711. The zero-order valence-corrected chi connectivity index (χ0v) is 13.1. The Balaban J connectivity index is 1.91. The number of amides is 1. The molecule has 126 valence electrons. The van der Waals surface area contributed by atoms with Crippen molar-refractivity contribution in [2.75, 3.05) is 23.8 Å². The minimum atomic E-state index is -1.03. The molecule has 4 N–H and O–H groups in total. The third kappa shape index (κ3) is 3.34. The predicted octanol–water partition coefficient (Wildman–Crippen LogP) is 0.959. The van der Waals surface area contributed by atoms with Gasteiger partial charge in [-0.1, -0.05) is 30.3 Å². The topological polar surface area (TPSA) is 96.0 Å². The molecule has 24 heavy (non-hydrogen) atoms. The van der Waals surface area contributed by atoms with Crippen molar-refractivity contribution in [2.45, 2.75) is 18.6 Å². The van der Waals surface area contributed by atoms with Gasteiger partial charge in [0, 0.05) is 12.1 Å². The van der Waals surface area contributed by atoms with Crippen molar-refractivity contribution in [2.24, 2.45) is 0 Å². The van der Waals surface area contributed by atoms with Gasteiger partial charge in [0.25, 0.3) is 5.91 Å². The highest BCUT2D eigenvalue weighted by Gasteiger charge is 2.35. The van der Waals surface area contributed by atoms with Crippen molar-refractivity contribution in [3.05, 3.63) is 54.1 Å². The van der Waals surface area contributed by atoms with Crippen LogP contribution >= 0.6 is 0 Å². The van der Waals surface area contributed by atoms with E-state index in [1.54, 1.807) is 18.2 Å². The van der Waals surface area contributed by atoms with Crippen LogP contribution in [0.25, 0.3) is 0 Å². The Labute approximate surface area is 140 Å². The van der Waals surface area contributed by atoms with Gasteiger partial charge in [-0.15, -0.1) is 0 Å². The molecular formula is C18H20N2O4. The van der Waals surface area contributed by atoms with Crippen LogP contribution in [0.1, 0.15) is 5.56 Å². The first kappa shape index (κ1) is 16.3. The van der Waals surface area contributed by atoms with Crippen molar-refractivity contribution >= 4 is 17.3 Å². The Kier molecular flexibility index (Phi) is 4.69. The second-order valence-electron chi connectivity index (χ2n) is 5.81. The zero-order chi connectivity index (χ0) is 17.1. The van der Waals surface area contributed by atoms with Gasteiger partial charge in [0.2, 0.25) is 0 Å². The number of nitrogens with two attached hydrogens (primary N) is 1. The fourth-order valence-corrected chi connectivity index (χ4v) is 2.76. The van der Waals surface area contributed by atoms with Crippen LogP contribution in [0.2, 0.25) is 0 Å². The molecule has 1 aliphatic rings. The molecule has 2 unspecified atom stereocenters. The number of fused-ring (bicyclic) bond motifs is 1. The van der Waals surface area contributed by atoms with Gasteiger partial charge < -0.3 is 25.6 Å². The van der Waals surface area contributed by atoms with E-state index >= 15 is 0 Å². The van der Waals surface area contributed by atoms with Crippen LogP contribution in [0.3, 0.4) is 0 Å². The summed E-state index contributed by atoms with van der Waals surface area (Å²) in [6, 6.07) is 14.6. The molecule has 0 bridgehead atoms. The highest BCUT2D eigenvalue weighted by Crippen LogP contribution is 2.36. The number of rotatable bonds is 5. The van der Waals surface area contributed by atoms with E-state index in [1.807, 2.05) is 30.3 Å². The van der Waals surface area contributed by atoms with E-state index in [9.17, 15) is 9.90 Å². The Morgan fingerprint density at radius 2 is 1.96 bits per heavy atom. The van der Waals surface area contributed by atoms with Crippen molar-refractivity contribution in [1.29, 1.82) is 0 Å². The van der Waals surface area contributed by atoms with Crippen LogP contribution in [-0.4, -0.2) is 41.5 Å². The molecular weight excluding hydrogens is 308 g/mol. The van der Waals surface area contributed by atoms with E-state index in [0.29, 0.717) is 23.5 Å². The summed E-state index contributed by atoms with van der Waals surface area (Å²) in [5.74, 6) is 0.277. The fraction of sp³-hybridized carbons (Fsp3) is 0.278. The second kappa shape index (κ2) is 6.90.